The SMILES string of the molecule is N#Cc1nc(NC(=O)CC23CC4CC(C2)CC(C(F)(F)F)(C4)C3)[nH]c1C#N. The van der Waals surface area contributed by atoms with Gasteiger partial charge in [0.2, 0.25) is 11.9 Å². The summed E-state index contributed by atoms with van der Waals surface area (Å²) in [6.07, 6.45) is -1.72. The Labute approximate surface area is 153 Å². The van der Waals surface area contributed by atoms with Crippen LogP contribution in [0.2, 0.25) is 0 Å². The molecule has 4 aliphatic carbocycles. The smallest absolute Gasteiger partial charge is 0.314 e. The third-order valence-corrected chi connectivity index (χ3v) is 6.50. The van der Waals surface area contributed by atoms with Crippen LogP contribution in [0.15, 0.2) is 0 Å². The molecule has 2 unspecified atom stereocenters. The molecule has 1 amide bonds. The van der Waals surface area contributed by atoms with Gasteiger partial charge in [0.25, 0.3) is 0 Å². The van der Waals surface area contributed by atoms with E-state index in [2.05, 4.69) is 15.3 Å². The molecule has 142 valence electrons. The molecule has 27 heavy (non-hydrogen) atoms. The fourth-order valence-electron chi connectivity index (χ4n) is 6.10. The van der Waals surface area contributed by atoms with Gasteiger partial charge in [0.1, 0.15) is 12.1 Å². The summed E-state index contributed by atoms with van der Waals surface area (Å²) >= 11 is 0. The van der Waals surface area contributed by atoms with Crippen molar-refractivity contribution >= 4 is 11.9 Å². The fraction of sp³-hybridized carbons (Fsp3) is 0.667. The van der Waals surface area contributed by atoms with Gasteiger partial charge in [0.05, 0.1) is 5.41 Å². The summed E-state index contributed by atoms with van der Waals surface area (Å²) in [6, 6.07) is 3.52. The zero-order chi connectivity index (χ0) is 19.4. The van der Waals surface area contributed by atoms with Crippen LogP contribution in [-0.4, -0.2) is 22.1 Å². The highest BCUT2D eigenvalue weighted by Gasteiger charge is 2.67. The maximum atomic E-state index is 13.8. The number of aromatic amines is 1. The van der Waals surface area contributed by atoms with E-state index in [-0.39, 0.29) is 54.9 Å². The van der Waals surface area contributed by atoms with Crippen LogP contribution in [0, 0.1) is 45.3 Å². The van der Waals surface area contributed by atoms with Crippen LogP contribution in [0.4, 0.5) is 19.1 Å². The summed E-state index contributed by atoms with van der Waals surface area (Å²) in [4.78, 5) is 18.9. The number of nitrogens with zero attached hydrogens (tertiary/aromatic N) is 3. The molecule has 5 rings (SSSR count). The Bertz CT molecular complexity index is 830. The molecule has 6 nitrogen and oxygen atoms in total. The summed E-state index contributed by atoms with van der Waals surface area (Å²) in [6.45, 7) is 0. The maximum Gasteiger partial charge on any atom is 0.394 e. The molecule has 1 heterocycles. The van der Waals surface area contributed by atoms with Gasteiger partial charge >= 0.3 is 6.18 Å². The van der Waals surface area contributed by atoms with Crippen molar-refractivity contribution < 1.29 is 18.0 Å². The Hall–Kier alpha value is -2.55. The van der Waals surface area contributed by atoms with E-state index in [4.69, 9.17) is 10.5 Å². The van der Waals surface area contributed by atoms with E-state index >= 15 is 0 Å². The van der Waals surface area contributed by atoms with Crippen molar-refractivity contribution in [3.63, 3.8) is 0 Å². The second-order valence-electron chi connectivity index (χ2n) is 8.50. The highest BCUT2D eigenvalue weighted by Crippen LogP contribution is 2.70. The molecule has 9 heteroatoms. The van der Waals surface area contributed by atoms with E-state index in [9.17, 15) is 18.0 Å². The molecule has 0 aliphatic heterocycles. The van der Waals surface area contributed by atoms with Crippen molar-refractivity contribution in [1.82, 2.24) is 9.97 Å². The number of imidazole rings is 1. The van der Waals surface area contributed by atoms with E-state index in [0.717, 1.165) is 6.42 Å². The van der Waals surface area contributed by atoms with Crippen LogP contribution in [0.3, 0.4) is 0 Å². The highest BCUT2D eigenvalue weighted by atomic mass is 19.4. The van der Waals surface area contributed by atoms with Gasteiger partial charge in [-0.25, -0.2) is 4.98 Å². The first-order valence-corrected chi connectivity index (χ1v) is 8.94. The second-order valence-corrected chi connectivity index (χ2v) is 8.50. The Morgan fingerprint density at radius 2 is 1.89 bits per heavy atom. The number of aromatic nitrogens is 2. The van der Waals surface area contributed by atoms with E-state index in [0.29, 0.717) is 12.8 Å². The van der Waals surface area contributed by atoms with Crippen LogP contribution in [0.25, 0.3) is 0 Å². The van der Waals surface area contributed by atoms with Gasteiger partial charge < -0.3 is 4.98 Å². The fourth-order valence-corrected chi connectivity index (χ4v) is 6.10. The van der Waals surface area contributed by atoms with E-state index in [1.54, 1.807) is 12.1 Å². The van der Waals surface area contributed by atoms with Gasteiger partial charge in [-0.2, -0.15) is 23.7 Å². The van der Waals surface area contributed by atoms with Gasteiger partial charge in [-0.3, -0.25) is 10.1 Å². The van der Waals surface area contributed by atoms with Crippen molar-refractivity contribution in [1.29, 1.82) is 10.5 Å². The number of hydrogen-bond donors (Lipinski definition) is 2. The summed E-state index contributed by atoms with van der Waals surface area (Å²) in [5.41, 5.74) is -2.46. The number of rotatable bonds is 3. The lowest BCUT2D eigenvalue weighted by atomic mass is 9.43. The number of carbonyl (C=O) groups excluding carboxylic acids is 1. The predicted octanol–water partition coefficient (Wildman–Crippen LogP) is 3.63. The average molecular weight is 377 g/mol. The first kappa shape index (κ1) is 17.8. The molecule has 4 saturated carbocycles. The lowest BCUT2D eigenvalue weighted by molar-refractivity contribution is -0.287. The standard InChI is InChI=1S/C18H18F3N5O/c19-18(20,21)17-4-10-1-11(5-17)3-16(2-10,9-17)6-14(27)26-15-24-12(7-22)13(8-23)25-15/h10-11H,1-6,9H2,(H2,24,25,26,27). The topological polar surface area (TPSA) is 105 Å². The second kappa shape index (κ2) is 5.72. The van der Waals surface area contributed by atoms with Crippen molar-refractivity contribution in [2.75, 3.05) is 5.32 Å². The third kappa shape index (κ3) is 2.86. The van der Waals surface area contributed by atoms with Crippen molar-refractivity contribution in [3.8, 4) is 12.1 Å². The van der Waals surface area contributed by atoms with Gasteiger partial charge in [0, 0.05) is 6.42 Å². The number of nitriles is 2. The number of nitrogens with one attached hydrogen (secondary N) is 2. The maximum absolute atomic E-state index is 13.8. The molecule has 2 atom stereocenters. The molecule has 1 aromatic rings. The molecule has 2 N–H and O–H groups in total. The van der Waals surface area contributed by atoms with Gasteiger partial charge in [-0.15, -0.1) is 0 Å². The van der Waals surface area contributed by atoms with E-state index in [1.807, 2.05) is 0 Å². The van der Waals surface area contributed by atoms with Crippen LogP contribution in [0.5, 0.6) is 0 Å². The largest absolute Gasteiger partial charge is 0.394 e. The Morgan fingerprint density at radius 1 is 1.22 bits per heavy atom. The molecular weight excluding hydrogens is 359 g/mol. The van der Waals surface area contributed by atoms with Gasteiger partial charge in [-0.1, -0.05) is 0 Å². The minimum absolute atomic E-state index is 0.00229. The van der Waals surface area contributed by atoms with Crippen molar-refractivity contribution in [3.05, 3.63) is 11.4 Å². The Balaban J connectivity index is 1.52. The molecule has 0 aromatic carbocycles. The quantitative estimate of drug-likeness (QED) is 0.839. The summed E-state index contributed by atoms with van der Waals surface area (Å²) in [5.74, 6) is -0.403. The average Bonchev–Trinajstić information content (AvgIpc) is 2.93. The van der Waals surface area contributed by atoms with Crippen molar-refractivity contribution in [2.45, 2.75) is 51.1 Å². The summed E-state index contributed by atoms with van der Waals surface area (Å²) < 4.78 is 41.4. The minimum Gasteiger partial charge on any atom is -0.314 e. The van der Waals surface area contributed by atoms with Crippen LogP contribution >= 0.6 is 0 Å². The third-order valence-electron chi connectivity index (χ3n) is 6.50. The summed E-state index contributed by atoms with van der Waals surface area (Å²) in [7, 11) is 0. The normalized spacial score (nSPS) is 34.1. The molecular formula is C18H18F3N5O. The number of halogens is 3. The zero-order valence-corrected chi connectivity index (χ0v) is 14.5. The molecule has 0 saturated heterocycles. The molecule has 0 radical (unpaired) electrons. The molecule has 4 bridgehead atoms. The van der Waals surface area contributed by atoms with E-state index in [1.165, 1.54) is 0 Å². The number of hydrogen-bond acceptors (Lipinski definition) is 4. The van der Waals surface area contributed by atoms with Crippen LogP contribution < -0.4 is 5.32 Å². The van der Waals surface area contributed by atoms with Crippen LogP contribution in [-0.2, 0) is 4.79 Å². The summed E-state index contributed by atoms with van der Waals surface area (Å²) in [5, 5.41) is 20.3. The number of amides is 1. The first-order chi connectivity index (χ1) is 12.7. The lowest BCUT2D eigenvalue weighted by Gasteiger charge is -2.62. The van der Waals surface area contributed by atoms with Gasteiger partial charge in [-0.05, 0) is 55.8 Å². The number of H-pyrrole nitrogens is 1. The first-order valence-electron chi connectivity index (χ1n) is 8.94. The van der Waals surface area contributed by atoms with E-state index < -0.39 is 22.9 Å². The number of alkyl halides is 3. The minimum atomic E-state index is -4.24. The monoisotopic (exact) mass is 377 g/mol. The molecule has 4 aliphatic rings. The number of anilines is 1. The molecule has 4 fully saturated rings. The Morgan fingerprint density at radius 3 is 2.41 bits per heavy atom. The van der Waals surface area contributed by atoms with Crippen LogP contribution in [0.1, 0.15) is 56.3 Å². The highest BCUT2D eigenvalue weighted by molar-refractivity contribution is 5.89. The lowest BCUT2D eigenvalue weighted by Crippen LogP contribution is -2.58. The molecule has 1 aromatic heterocycles. The predicted molar refractivity (Wildman–Crippen MR) is 86.9 cm³/mol. The number of carbonyl (C=O) groups is 1. The zero-order valence-electron chi connectivity index (χ0n) is 14.5. The Kier molecular flexibility index (Phi) is 3.78. The van der Waals surface area contributed by atoms with Gasteiger partial charge in [0.15, 0.2) is 11.4 Å². The molecule has 0 spiro atoms. The van der Waals surface area contributed by atoms with Crippen molar-refractivity contribution in [2.24, 2.45) is 22.7 Å².